The summed E-state index contributed by atoms with van der Waals surface area (Å²) in [6.07, 6.45) is 0. The molecule has 40 valence electrons. The molecular formula is H6N2O3S. The van der Waals surface area contributed by atoms with Gasteiger partial charge in [-0.3, -0.25) is 0 Å². The van der Waals surface area contributed by atoms with Crippen LogP contribution in [0.3, 0.4) is 0 Å². The molecule has 0 aromatic carbocycles. The van der Waals surface area contributed by atoms with Gasteiger partial charge in [0.1, 0.15) is 0 Å². The van der Waals surface area contributed by atoms with Gasteiger partial charge in [-0.2, -0.15) is 13.5 Å². The molecule has 0 spiro atoms. The van der Waals surface area contributed by atoms with Gasteiger partial charge < -0.3 is 11.4 Å². The summed E-state index contributed by atoms with van der Waals surface area (Å²) in [7, 11) is 0. The molecule has 0 fully saturated rings. The third-order valence-electron chi connectivity index (χ3n) is 0. The first-order chi connectivity index (χ1) is 1.73. The van der Waals surface area contributed by atoms with Crippen LogP contribution in [-0.4, -0.2) is 10.3 Å². The molecule has 6 heavy (non-hydrogen) atoms. The molecule has 0 aromatic heterocycles. The van der Waals surface area contributed by atoms with Crippen molar-refractivity contribution in [1.82, 2.24) is 6.15 Å². The minimum Gasteiger partial charge on any atom is -0.344 e. The number of rotatable bonds is 0. The van der Waals surface area contributed by atoms with Crippen LogP contribution in [0.4, 0.5) is 0 Å². The summed E-state index contributed by atoms with van der Waals surface area (Å²) in [5.41, 5.74) is 0. The van der Waals surface area contributed by atoms with Crippen molar-refractivity contribution in [2.45, 2.75) is 0 Å². The average molecular weight is 114 g/mol. The molecule has 6 heteroatoms. The lowest BCUT2D eigenvalue weighted by molar-refractivity contribution is -0.742. The van der Waals surface area contributed by atoms with Gasteiger partial charge in [0, 0.05) is 0 Å². The minimum atomic E-state index is -1.50. The maximum absolute atomic E-state index is 8.36. The Morgan fingerprint density at radius 3 is 1.67 bits per heavy atom. The van der Waals surface area contributed by atoms with E-state index in [-0.39, 0.29) is 19.6 Å². The largest absolute Gasteiger partial charge is 0.344 e. The van der Waals surface area contributed by atoms with Gasteiger partial charge in [0.25, 0.3) is 5.09 Å². The summed E-state index contributed by atoms with van der Waals surface area (Å²) in [6, 6.07) is 0. The van der Waals surface area contributed by atoms with E-state index in [2.05, 4.69) is 0 Å². The van der Waals surface area contributed by atoms with Gasteiger partial charge >= 0.3 is 0 Å². The Morgan fingerprint density at radius 1 is 1.67 bits per heavy atom. The Morgan fingerprint density at radius 2 is 1.67 bits per heavy atom. The van der Waals surface area contributed by atoms with Crippen LogP contribution in [0.1, 0.15) is 0 Å². The summed E-state index contributed by atoms with van der Waals surface area (Å²) in [5, 5.41) is 13.6. The molecule has 0 aromatic rings. The van der Waals surface area contributed by atoms with E-state index in [4.69, 9.17) is 15.3 Å². The minimum absolute atomic E-state index is 0. The maximum Gasteiger partial charge on any atom is 0.291 e. The number of hydrogen-bond acceptors (Lipinski definition) is 3. The average Bonchev–Trinajstić information content (AvgIpc) is 0.811. The van der Waals surface area contributed by atoms with Crippen LogP contribution in [0.2, 0.25) is 0 Å². The Kier molecular flexibility index (Phi) is 26.1. The molecule has 0 bridgehead atoms. The zero-order chi connectivity index (χ0) is 3.58. The zero-order valence-corrected chi connectivity index (χ0v) is 3.92. The topological polar surface area (TPSA) is 98.4 Å². The second-order valence-corrected chi connectivity index (χ2v) is 0.238. The molecule has 0 amide bonds. The summed E-state index contributed by atoms with van der Waals surface area (Å²) in [6.45, 7) is 0. The monoisotopic (exact) mass is 114 g/mol. The summed E-state index contributed by atoms with van der Waals surface area (Å²) >= 11 is 0. The van der Waals surface area contributed by atoms with Crippen LogP contribution in [0, 0.1) is 10.1 Å². The van der Waals surface area contributed by atoms with Gasteiger partial charge in [-0.1, -0.05) is 0 Å². The first-order valence-corrected chi connectivity index (χ1v) is 0.565. The standard InChI is InChI=1S/HNO3.H3N.H2S/c2-1(3)4;;/h(H,2,3,4);1H3;1H2. The van der Waals surface area contributed by atoms with E-state index in [0.717, 1.165) is 0 Å². The highest BCUT2D eigenvalue weighted by Crippen LogP contribution is 1.38. The van der Waals surface area contributed by atoms with Crippen LogP contribution in [0.15, 0.2) is 0 Å². The molecule has 0 rings (SSSR count). The molecule has 0 aliphatic heterocycles. The van der Waals surface area contributed by atoms with Crippen molar-refractivity contribution >= 4 is 13.5 Å². The molecule has 0 radical (unpaired) electrons. The lowest BCUT2D eigenvalue weighted by Gasteiger charge is -1.56. The Balaban J connectivity index is -0.0000000450. The third-order valence-corrected chi connectivity index (χ3v) is 0. The van der Waals surface area contributed by atoms with Gasteiger partial charge in [-0.25, -0.2) is 0 Å². The van der Waals surface area contributed by atoms with Crippen LogP contribution in [-0.2, 0) is 0 Å². The Bertz CT molecular complexity index is 31.8. The molecule has 5 nitrogen and oxygen atoms in total. The van der Waals surface area contributed by atoms with Crippen molar-refractivity contribution in [2.24, 2.45) is 0 Å². The Hall–Kier alpha value is -0.490. The van der Waals surface area contributed by atoms with Crippen molar-refractivity contribution in [1.29, 1.82) is 0 Å². The van der Waals surface area contributed by atoms with E-state index in [1.807, 2.05) is 0 Å². The predicted octanol–water partition coefficient (Wildman–Crippen LogP) is -0.0729. The van der Waals surface area contributed by atoms with Crippen molar-refractivity contribution in [3.63, 3.8) is 0 Å². The van der Waals surface area contributed by atoms with Crippen LogP contribution in [0.5, 0.6) is 0 Å². The molecule has 0 aliphatic carbocycles. The van der Waals surface area contributed by atoms with Gasteiger partial charge in [0.2, 0.25) is 0 Å². The van der Waals surface area contributed by atoms with Gasteiger partial charge in [0.05, 0.1) is 0 Å². The molecular weight excluding hydrogens is 108 g/mol. The lowest BCUT2D eigenvalue weighted by atomic mass is 13.1. The fourth-order valence-corrected chi connectivity index (χ4v) is 0. The van der Waals surface area contributed by atoms with Crippen molar-refractivity contribution in [3.05, 3.63) is 10.1 Å². The number of nitrogens with zero attached hydrogens (tertiary/aromatic N) is 1. The highest BCUT2D eigenvalue weighted by Gasteiger charge is 1.65. The van der Waals surface area contributed by atoms with Gasteiger partial charge in [-0.05, 0) is 0 Å². The first-order valence-electron chi connectivity index (χ1n) is 0.565. The van der Waals surface area contributed by atoms with E-state index < -0.39 is 5.09 Å². The van der Waals surface area contributed by atoms with Crippen LogP contribution in [0.25, 0.3) is 0 Å². The van der Waals surface area contributed by atoms with Crippen LogP contribution < -0.4 is 6.15 Å². The van der Waals surface area contributed by atoms with Crippen molar-refractivity contribution in [3.8, 4) is 0 Å². The highest BCUT2D eigenvalue weighted by molar-refractivity contribution is 7.59. The number of hydrogen-bond donors (Lipinski definition) is 2. The Labute approximate surface area is 41.1 Å². The van der Waals surface area contributed by atoms with E-state index in [1.165, 1.54) is 0 Å². The van der Waals surface area contributed by atoms with E-state index >= 15 is 0 Å². The van der Waals surface area contributed by atoms with E-state index in [0.29, 0.717) is 0 Å². The fourth-order valence-electron chi connectivity index (χ4n) is 0. The molecule has 4 N–H and O–H groups in total. The molecule has 0 atom stereocenters. The molecule has 0 aliphatic rings. The maximum atomic E-state index is 8.36. The first kappa shape index (κ1) is 17.8. The van der Waals surface area contributed by atoms with E-state index in [9.17, 15) is 0 Å². The summed E-state index contributed by atoms with van der Waals surface area (Å²) < 4.78 is 0. The third kappa shape index (κ3) is 92.1. The van der Waals surface area contributed by atoms with Crippen LogP contribution >= 0.6 is 13.5 Å². The predicted molar refractivity (Wildman–Crippen MR) is 24.2 cm³/mol. The fraction of sp³-hybridized carbons (Fsp3) is 0. The molecule has 0 saturated carbocycles. The van der Waals surface area contributed by atoms with Gasteiger partial charge in [0.15, 0.2) is 0 Å². The SMILES string of the molecule is N.O=[N+]([O-])O.S. The highest BCUT2D eigenvalue weighted by atomic mass is 32.1. The lowest BCUT2D eigenvalue weighted by Crippen LogP contribution is -1.81. The molecule has 0 saturated heterocycles. The quantitative estimate of drug-likeness (QED) is 0.340. The normalized spacial score (nSPS) is 4.00. The second-order valence-electron chi connectivity index (χ2n) is 0.238. The van der Waals surface area contributed by atoms with Gasteiger partial charge in [-0.15, -0.1) is 10.1 Å². The zero-order valence-electron chi connectivity index (χ0n) is 2.92. The van der Waals surface area contributed by atoms with Crippen molar-refractivity contribution in [2.75, 3.05) is 0 Å². The van der Waals surface area contributed by atoms with E-state index in [1.54, 1.807) is 0 Å². The summed E-state index contributed by atoms with van der Waals surface area (Å²) in [4.78, 5) is 8.36. The summed E-state index contributed by atoms with van der Waals surface area (Å²) in [5.74, 6) is 0. The molecule has 0 unspecified atom stereocenters. The molecule has 0 heterocycles. The smallest absolute Gasteiger partial charge is 0.291 e. The van der Waals surface area contributed by atoms with Crippen molar-refractivity contribution < 1.29 is 10.3 Å². The second kappa shape index (κ2) is 8.82.